The van der Waals surface area contributed by atoms with Crippen LogP contribution in [0.5, 0.6) is 17.2 Å². The first kappa shape index (κ1) is 21.4. The highest BCUT2D eigenvalue weighted by Crippen LogP contribution is 2.38. The zero-order chi connectivity index (χ0) is 22.5. The zero-order valence-corrected chi connectivity index (χ0v) is 18.4. The molecule has 1 aliphatic rings. The van der Waals surface area contributed by atoms with Gasteiger partial charge in [-0.1, -0.05) is 24.3 Å². The van der Waals surface area contributed by atoms with Crippen LogP contribution in [-0.2, 0) is 11.2 Å². The van der Waals surface area contributed by atoms with Crippen molar-refractivity contribution >= 4 is 12.0 Å². The average Bonchev–Trinajstić information content (AvgIpc) is 3.25. The van der Waals surface area contributed by atoms with Gasteiger partial charge in [0.15, 0.2) is 11.5 Å². The van der Waals surface area contributed by atoms with Crippen molar-refractivity contribution in [2.75, 3.05) is 20.8 Å². The van der Waals surface area contributed by atoms with Crippen molar-refractivity contribution in [3.8, 4) is 28.5 Å². The van der Waals surface area contributed by atoms with Gasteiger partial charge in [-0.3, -0.25) is 9.78 Å². The van der Waals surface area contributed by atoms with Gasteiger partial charge in [-0.15, -0.1) is 0 Å². The Hall–Kier alpha value is -3.80. The second-order valence-corrected chi connectivity index (χ2v) is 7.65. The molecule has 164 valence electrons. The van der Waals surface area contributed by atoms with E-state index in [-0.39, 0.29) is 12.0 Å². The van der Waals surface area contributed by atoms with Crippen molar-refractivity contribution in [1.82, 2.24) is 10.3 Å². The molecule has 2 aromatic carbocycles. The summed E-state index contributed by atoms with van der Waals surface area (Å²) in [6.07, 6.45) is 5.73. The number of aromatic nitrogens is 1. The molecular formula is C26H26N2O4. The molecule has 0 saturated heterocycles. The molecule has 1 N–H and O–H groups in total. The van der Waals surface area contributed by atoms with Gasteiger partial charge in [-0.2, -0.15) is 0 Å². The number of nitrogens with one attached hydrogen (secondary N) is 1. The minimum atomic E-state index is -0.181. The van der Waals surface area contributed by atoms with E-state index in [2.05, 4.69) is 16.4 Å². The molecule has 0 radical (unpaired) electrons. The summed E-state index contributed by atoms with van der Waals surface area (Å²) in [6, 6.07) is 15.6. The molecule has 6 heteroatoms. The number of hydrogen-bond donors (Lipinski definition) is 1. The maximum Gasteiger partial charge on any atom is 0.244 e. The first-order valence-corrected chi connectivity index (χ1v) is 10.5. The van der Waals surface area contributed by atoms with Crippen molar-refractivity contribution in [1.29, 1.82) is 0 Å². The number of aryl methyl sites for hydroxylation is 1. The van der Waals surface area contributed by atoms with Gasteiger partial charge in [-0.25, -0.2) is 0 Å². The van der Waals surface area contributed by atoms with E-state index in [1.807, 2.05) is 49.5 Å². The molecule has 0 fully saturated rings. The van der Waals surface area contributed by atoms with Crippen LogP contribution in [0.25, 0.3) is 17.3 Å². The van der Waals surface area contributed by atoms with E-state index in [1.54, 1.807) is 26.4 Å². The Morgan fingerprint density at radius 2 is 2.00 bits per heavy atom. The maximum atomic E-state index is 12.3. The molecule has 1 aromatic heterocycles. The summed E-state index contributed by atoms with van der Waals surface area (Å²) in [5.74, 6) is 1.93. The number of carbonyl (C=O) groups is 1. The first-order chi connectivity index (χ1) is 15.6. The molecule has 1 aliphatic heterocycles. The van der Waals surface area contributed by atoms with E-state index in [0.717, 1.165) is 40.1 Å². The lowest BCUT2D eigenvalue weighted by atomic mass is 10.0. The predicted molar refractivity (Wildman–Crippen MR) is 124 cm³/mol. The molecule has 6 nitrogen and oxygen atoms in total. The van der Waals surface area contributed by atoms with Gasteiger partial charge in [0.25, 0.3) is 0 Å². The fraction of sp³-hybridized carbons (Fsp3) is 0.231. The topological polar surface area (TPSA) is 69.7 Å². The normalized spacial score (nSPS) is 14.7. The molecule has 0 saturated carbocycles. The molecule has 3 aromatic rings. The predicted octanol–water partition coefficient (Wildman–Crippen LogP) is 4.21. The first-order valence-electron chi connectivity index (χ1n) is 10.5. The SMILES string of the molecule is COc1ccc(/C=C/C(=O)NC[C@@H]2Cc3cccc(-c4ccc(C)cn4)c3O2)cc1OC. The second-order valence-electron chi connectivity index (χ2n) is 7.65. The summed E-state index contributed by atoms with van der Waals surface area (Å²) >= 11 is 0. The number of methoxy groups -OCH3 is 2. The lowest BCUT2D eigenvalue weighted by molar-refractivity contribution is -0.116. The summed E-state index contributed by atoms with van der Waals surface area (Å²) in [5, 5.41) is 2.93. The van der Waals surface area contributed by atoms with E-state index in [9.17, 15) is 4.79 Å². The van der Waals surface area contributed by atoms with Crippen LogP contribution in [0.4, 0.5) is 0 Å². The number of ether oxygens (including phenoxy) is 3. The van der Waals surface area contributed by atoms with Gasteiger partial charge < -0.3 is 19.5 Å². The number of rotatable bonds is 7. The van der Waals surface area contributed by atoms with Crippen molar-refractivity contribution in [2.24, 2.45) is 0 Å². The summed E-state index contributed by atoms with van der Waals surface area (Å²) in [6.45, 7) is 2.44. The van der Waals surface area contributed by atoms with Gasteiger partial charge in [0.2, 0.25) is 5.91 Å². The second kappa shape index (κ2) is 9.56. The highest BCUT2D eigenvalue weighted by molar-refractivity contribution is 5.91. The lowest BCUT2D eigenvalue weighted by Gasteiger charge is -2.13. The van der Waals surface area contributed by atoms with Crippen molar-refractivity contribution in [3.63, 3.8) is 0 Å². The van der Waals surface area contributed by atoms with Crippen molar-refractivity contribution < 1.29 is 19.0 Å². The summed E-state index contributed by atoms with van der Waals surface area (Å²) < 4.78 is 16.7. The average molecular weight is 431 g/mol. The van der Waals surface area contributed by atoms with Gasteiger partial charge in [-0.05, 0) is 54.0 Å². The van der Waals surface area contributed by atoms with Crippen molar-refractivity contribution in [2.45, 2.75) is 19.4 Å². The number of pyridine rings is 1. The van der Waals surface area contributed by atoms with Crippen molar-refractivity contribution in [3.05, 3.63) is 77.5 Å². The fourth-order valence-corrected chi connectivity index (χ4v) is 3.68. The van der Waals surface area contributed by atoms with Crippen LogP contribution >= 0.6 is 0 Å². The molecule has 1 amide bonds. The van der Waals surface area contributed by atoms with E-state index in [1.165, 1.54) is 6.08 Å². The Morgan fingerprint density at radius 1 is 1.16 bits per heavy atom. The standard InChI is InChI=1S/C26H26N2O4/c1-17-7-10-22(27-15-17)21-6-4-5-19-14-20(32-26(19)21)16-28-25(29)12-9-18-8-11-23(30-2)24(13-18)31-3/h4-13,15,20H,14,16H2,1-3H3,(H,28,29)/b12-9+/t20-/m0/s1. The van der Waals surface area contributed by atoms with Gasteiger partial charge in [0.05, 0.1) is 26.5 Å². The Morgan fingerprint density at radius 3 is 2.75 bits per heavy atom. The van der Waals surface area contributed by atoms with Crippen LogP contribution in [-0.4, -0.2) is 37.8 Å². The number of hydrogen-bond acceptors (Lipinski definition) is 5. The minimum Gasteiger partial charge on any atom is -0.493 e. The molecule has 2 heterocycles. The van der Waals surface area contributed by atoms with E-state index < -0.39 is 0 Å². The summed E-state index contributed by atoms with van der Waals surface area (Å²) in [4.78, 5) is 16.9. The molecule has 0 bridgehead atoms. The number of amides is 1. The smallest absolute Gasteiger partial charge is 0.244 e. The quantitative estimate of drug-likeness (QED) is 0.569. The molecule has 0 aliphatic carbocycles. The largest absolute Gasteiger partial charge is 0.493 e. The number of nitrogens with zero attached hydrogens (tertiary/aromatic N) is 1. The van der Waals surface area contributed by atoms with E-state index in [4.69, 9.17) is 14.2 Å². The lowest BCUT2D eigenvalue weighted by Crippen LogP contribution is -2.33. The molecule has 4 rings (SSSR count). The Bertz CT molecular complexity index is 1140. The monoisotopic (exact) mass is 430 g/mol. The van der Waals surface area contributed by atoms with Gasteiger partial charge >= 0.3 is 0 Å². The number of para-hydroxylation sites is 1. The molecule has 1 atom stereocenters. The van der Waals surface area contributed by atoms with Crippen LogP contribution in [0.2, 0.25) is 0 Å². The zero-order valence-electron chi connectivity index (χ0n) is 18.4. The van der Waals surface area contributed by atoms with Crippen LogP contribution in [0, 0.1) is 6.92 Å². The summed E-state index contributed by atoms with van der Waals surface area (Å²) in [7, 11) is 3.17. The Labute approximate surface area is 187 Å². The summed E-state index contributed by atoms with van der Waals surface area (Å²) in [5.41, 5.74) is 4.95. The Kier molecular flexibility index (Phi) is 6.40. The van der Waals surface area contributed by atoms with E-state index in [0.29, 0.717) is 18.0 Å². The molecule has 0 unspecified atom stereocenters. The third kappa shape index (κ3) is 4.75. The molecular weight excluding hydrogens is 404 g/mol. The van der Waals surface area contributed by atoms with Crippen LogP contribution in [0.1, 0.15) is 16.7 Å². The maximum absolute atomic E-state index is 12.3. The van der Waals surface area contributed by atoms with E-state index >= 15 is 0 Å². The third-order valence-corrected chi connectivity index (χ3v) is 5.35. The van der Waals surface area contributed by atoms with Crippen LogP contribution in [0.3, 0.4) is 0 Å². The number of fused-ring (bicyclic) bond motifs is 1. The molecule has 0 spiro atoms. The third-order valence-electron chi connectivity index (χ3n) is 5.35. The fourth-order valence-electron chi connectivity index (χ4n) is 3.68. The molecule has 32 heavy (non-hydrogen) atoms. The number of carbonyl (C=O) groups excluding carboxylic acids is 1. The van der Waals surface area contributed by atoms with Crippen LogP contribution < -0.4 is 19.5 Å². The highest BCUT2D eigenvalue weighted by atomic mass is 16.5. The minimum absolute atomic E-state index is 0.116. The Balaban J connectivity index is 1.36. The number of benzene rings is 2. The van der Waals surface area contributed by atoms with Crippen LogP contribution in [0.15, 0.2) is 60.8 Å². The van der Waals surface area contributed by atoms with Gasteiger partial charge in [0, 0.05) is 24.3 Å². The van der Waals surface area contributed by atoms with Gasteiger partial charge in [0.1, 0.15) is 11.9 Å². The highest BCUT2D eigenvalue weighted by Gasteiger charge is 2.26.